The monoisotopic (exact) mass is 218 g/mol. The van der Waals surface area contributed by atoms with Crippen molar-refractivity contribution in [3.63, 3.8) is 0 Å². The van der Waals surface area contributed by atoms with Gasteiger partial charge in [0.05, 0.1) is 0 Å². The van der Waals surface area contributed by atoms with Crippen molar-refractivity contribution in [3.05, 3.63) is 22.3 Å². The van der Waals surface area contributed by atoms with Gasteiger partial charge in [0.25, 0.3) is 0 Å². The van der Waals surface area contributed by atoms with Crippen LogP contribution in [-0.4, -0.2) is 0 Å². The van der Waals surface area contributed by atoms with Gasteiger partial charge in [-0.15, -0.1) is 0 Å². The molecule has 0 aromatic carbocycles. The summed E-state index contributed by atoms with van der Waals surface area (Å²) in [4.78, 5) is 0. The molecule has 0 aromatic rings. The van der Waals surface area contributed by atoms with Gasteiger partial charge in [-0.3, -0.25) is 0 Å². The third-order valence-electron chi connectivity index (χ3n) is 5.54. The highest BCUT2D eigenvalue weighted by Crippen LogP contribution is 2.60. The highest BCUT2D eigenvalue weighted by Gasteiger charge is 2.49. The van der Waals surface area contributed by atoms with Crippen molar-refractivity contribution in [2.45, 2.75) is 67.2 Å². The average Bonchev–Trinajstić information content (AvgIpc) is 2.55. The number of hydrogen-bond donors (Lipinski definition) is 0. The molecule has 0 radical (unpaired) electrons. The fourth-order valence-corrected chi connectivity index (χ4v) is 3.92. The molecule has 0 unspecified atom stereocenters. The molecule has 0 heteroatoms. The third kappa shape index (κ3) is 1.58. The molecule has 0 saturated carbocycles. The second-order valence-electron chi connectivity index (χ2n) is 6.95. The summed E-state index contributed by atoms with van der Waals surface area (Å²) < 4.78 is 0. The molecule has 2 aliphatic rings. The fourth-order valence-electron chi connectivity index (χ4n) is 3.92. The van der Waals surface area contributed by atoms with E-state index in [1.165, 1.54) is 25.7 Å². The van der Waals surface area contributed by atoms with E-state index in [2.05, 4.69) is 41.5 Å². The smallest absolute Gasteiger partial charge is 0.0192 e. The van der Waals surface area contributed by atoms with Crippen LogP contribution in [0, 0.1) is 10.8 Å². The van der Waals surface area contributed by atoms with Gasteiger partial charge in [0, 0.05) is 0 Å². The minimum absolute atomic E-state index is 0.500. The van der Waals surface area contributed by atoms with E-state index in [1.54, 1.807) is 22.3 Å². The molecule has 0 fully saturated rings. The molecule has 16 heavy (non-hydrogen) atoms. The SMILES string of the molecule is CC1=C(C)CC(C)(C2(C)CC(C)=C(C)C2)C1. The van der Waals surface area contributed by atoms with Gasteiger partial charge in [-0.2, -0.15) is 0 Å². The van der Waals surface area contributed by atoms with Gasteiger partial charge >= 0.3 is 0 Å². The van der Waals surface area contributed by atoms with E-state index in [0.717, 1.165) is 0 Å². The lowest BCUT2D eigenvalue weighted by Gasteiger charge is -2.43. The van der Waals surface area contributed by atoms with Crippen LogP contribution in [0.15, 0.2) is 22.3 Å². The minimum atomic E-state index is 0.500. The molecule has 0 bridgehead atoms. The molecule has 0 aliphatic heterocycles. The van der Waals surface area contributed by atoms with Crippen LogP contribution in [0.25, 0.3) is 0 Å². The summed E-state index contributed by atoms with van der Waals surface area (Å²) in [5.74, 6) is 0. The first-order valence-corrected chi connectivity index (χ1v) is 6.58. The molecule has 0 atom stereocenters. The third-order valence-corrected chi connectivity index (χ3v) is 5.54. The maximum Gasteiger partial charge on any atom is -0.0192 e. The van der Waals surface area contributed by atoms with Crippen LogP contribution in [0.3, 0.4) is 0 Å². The fraction of sp³-hybridized carbons (Fsp3) is 0.750. The van der Waals surface area contributed by atoms with Crippen LogP contribution < -0.4 is 0 Å². The van der Waals surface area contributed by atoms with Crippen molar-refractivity contribution in [1.29, 1.82) is 0 Å². The Morgan fingerprint density at radius 3 is 0.938 bits per heavy atom. The summed E-state index contributed by atoms with van der Waals surface area (Å²) in [7, 11) is 0. The summed E-state index contributed by atoms with van der Waals surface area (Å²) >= 11 is 0. The molecule has 0 nitrogen and oxygen atoms in total. The van der Waals surface area contributed by atoms with E-state index in [0.29, 0.717) is 10.8 Å². The molecule has 0 spiro atoms. The Bertz CT molecular complexity index is 313. The second-order valence-corrected chi connectivity index (χ2v) is 6.95. The van der Waals surface area contributed by atoms with E-state index < -0.39 is 0 Å². The van der Waals surface area contributed by atoms with Crippen molar-refractivity contribution in [2.24, 2.45) is 10.8 Å². The summed E-state index contributed by atoms with van der Waals surface area (Å²) in [6.45, 7) is 14.3. The maximum atomic E-state index is 2.51. The summed E-state index contributed by atoms with van der Waals surface area (Å²) in [5.41, 5.74) is 7.58. The molecule has 0 aromatic heterocycles. The molecule has 2 rings (SSSR count). The summed E-state index contributed by atoms with van der Waals surface area (Å²) in [6.07, 6.45) is 5.26. The highest BCUT2D eigenvalue weighted by atomic mass is 14.5. The topological polar surface area (TPSA) is 0 Å². The Morgan fingerprint density at radius 1 is 0.562 bits per heavy atom. The van der Waals surface area contributed by atoms with Crippen molar-refractivity contribution >= 4 is 0 Å². The molecule has 0 heterocycles. The van der Waals surface area contributed by atoms with Crippen molar-refractivity contribution in [2.75, 3.05) is 0 Å². The lowest BCUT2D eigenvalue weighted by Crippen LogP contribution is -2.34. The highest BCUT2D eigenvalue weighted by molar-refractivity contribution is 5.29. The van der Waals surface area contributed by atoms with Gasteiger partial charge in [-0.1, -0.05) is 36.1 Å². The number of rotatable bonds is 1. The van der Waals surface area contributed by atoms with Gasteiger partial charge in [-0.25, -0.2) is 0 Å². The van der Waals surface area contributed by atoms with Crippen LogP contribution in [-0.2, 0) is 0 Å². The zero-order chi connectivity index (χ0) is 12.1. The van der Waals surface area contributed by atoms with Crippen molar-refractivity contribution in [3.8, 4) is 0 Å². The Hall–Kier alpha value is -0.520. The van der Waals surface area contributed by atoms with E-state index in [9.17, 15) is 0 Å². The average molecular weight is 218 g/mol. The predicted octanol–water partition coefficient (Wildman–Crippen LogP) is 5.26. The van der Waals surface area contributed by atoms with Crippen molar-refractivity contribution in [1.82, 2.24) is 0 Å². The Morgan fingerprint density at radius 2 is 0.750 bits per heavy atom. The quantitative estimate of drug-likeness (QED) is 0.527. The van der Waals surface area contributed by atoms with Gasteiger partial charge in [0.1, 0.15) is 0 Å². The first-order valence-electron chi connectivity index (χ1n) is 6.58. The predicted molar refractivity (Wildman–Crippen MR) is 71.4 cm³/mol. The van der Waals surface area contributed by atoms with Crippen LogP contribution in [0.5, 0.6) is 0 Å². The Balaban J connectivity index is 2.23. The zero-order valence-electron chi connectivity index (χ0n) is 11.8. The standard InChI is InChI=1S/C16H26/c1-11-7-15(5,8-12(11)2)16(6)9-13(3)14(4)10-16/h7-10H2,1-6H3. The molecule has 90 valence electrons. The van der Waals surface area contributed by atoms with Crippen LogP contribution in [0.2, 0.25) is 0 Å². The molecule has 2 aliphatic carbocycles. The normalized spacial score (nSPS) is 28.1. The number of hydrogen-bond acceptors (Lipinski definition) is 0. The van der Waals surface area contributed by atoms with E-state index in [-0.39, 0.29) is 0 Å². The minimum Gasteiger partial charge on any atom is -0.0738 e. The first kappa shape index (κ1) is 12.0. The van der Waals surface area contributed by atoms with Crippen LogP contribution >= 0.6 is 0 Å². The van der Waals surface area contributed by atoms with E-state index in [1.807, 2.05) is 0 Å². The molecule has 0 N–H and O–H groups in total. The number of allylic oxidation sites excluding steroid dienone is 4. The van der Waals surface area contributed by atoms with Gasteiger partial charge in [0.2, 0.25) is 0 Å². The molecule has 0 saturated heterocycles. The van der Waals surface area contributed by atoms with Crippen molar-refractivity contribution < 1.29 is 0 Å². The maximum absolute atomic E-state index is 2.51. The Kier molecular flexibility index (Phi) is 2.60. The molecular weight excluding hydrogens is 192 g/mol. The largest absolute Gasteiger partial charge is 0.0738 e. The first-order chi connectivity index (χ1) is 7.27. The van der Waals surface area contributed by atoms with Gasteiger partial charge < -0.3 is 0 Å². The zero-order valence-corrected chi connectivity index (χ0v) is 11.8. The van der Waals surface area contributed by atoms with Crippen LogP contribution in [0.4, 0.5) is 0 Å². The van der Waals surface area contributed by atoms with E-state index in [4.69, 9.17) is 0 Å². The lowest BCUT2D eigenvalue weighted by atomic mass is 9.61. The van der Waals surface area contributed by atoms with Crippen LogP contribution in [0.1, 0.15) is 67.2 Å². The van der Waals surface area contributed by atoms with Gasteiger partial charge in [-0.05, 0) is 64.2 Å². The summed E-state index contributed by atoms with van der Waals surface area (Å²) in [5, 5.41) is 0. The van der Waals surface area contributed by atoms with E-state index >= 15 is 0 Å². The lowest BCUT2D eigenvalue weighted by molar-refractivity contribution is 0.0888. The second kappa shape index (κ2) is 3.48. The molecular formula is C16H26. The summed E-state index contributed by atoms with van der Waals surface area (Å²) in [6, 6.07) is 0. The molecule has 0 amide bonds. The van der Waals surface area contributed by atoms with Gasteiger partial charge in [0.15, 0.2) is 0 Å². The Labute approximate surface area is 101 Å².